The molecule has 29 heavy (non-hydrogen) atoms. The largest absolute Gasteiger partial charge is 0.497 e. The topological polar surface area (TPSA) is 127 Å². The quantitative estimate of drug-likeness (QED) is 0.264. The van der Waals surface area contributed by atoms with Crippen molar-refractivity contribution in [2.45, 2.75) is 13.0 Å². The number of nitrogens with two attached hydrogens (primary N) is 1. The molecule has 1 unspecified atom stereocenters. The van der Waals surface area contributed by atoms with E-state index in [1.807, 2.05) is 0 Å². The summed E-state index contributed by atoms with van der Waals surface area (Å²) in [6.45, 7) is 1.68. The molecule has 0 aromatic heterocycles. The summed E-state index contributed by atoms with van der Waals surface area (Å²) in [7, 11) is 1.48. The summed E-state index contributed by atoms with van der Waals surface area (Å²) in [5.74, 6) is 0.0795. The monoisotopic (exact) mass is 421 g/mol. The summed E-state index contributed by atoms with van der Waals surface area (Å²) in [5.41, 5.74) is 7.03. The van der Waals surface area contributed by atoms with Crippen molar-refractivity contribution < 1.29 is 24.1 Å². The molecular weight excluding hydrogens is 398 g/mol. The van der Waals surface area contributed by atoms with Gasteiger partial charge in [-0.1, -0.05) is 11.6 Å². The number of nitrogen functional groups attached to an aromatic ring is 1. The number of carbonyl (C=O) groups is 1. The number of methoxy groups -OCH3 is 1. The fourth-order valence-electron chi connectivity index (χ4n) is 2.62. The normalized spacial score (nSPS) is 11.4. The van der Waals surface area contributed by atoms with Crippen LogP contribution in [0.25, 0.3) is 0 Å². The summed E-state index contributed by atoms with van der Waals surface area (Å²) >= 11 is 6.33. The fourth-order valence-corrected chi connectivity index (χ4v) is 2.89. The minimum absolute atomic E-state index is 0.00189. The molecule has 0 heterocycles. The minimum atomic E-state index is -0.959. The van der Waals surface area contributed by atoms with Crippen molar-refractivity contribution in [3.8, 4) is 11.5 Å². The zero-order valence-corrected chi connectivity index (χ0v) is 17.0. The lowest BCUT2D eigenvalue weighted by Gasteiger charge is -2.23. The lowest BCUT2D eigenvalue weighted by atomic mass is 10.0. The molecule has 8 nitrogen and oxygen atoms in total. The molecule has 0 bridgehead atoms. The Morgan fingerprint density at radius 3 is 2.55 bits per heavy atom. The van der Waals surface area contributed by atoms with Crippen molar-refractivity contribution >= 4 is 29.1 Å². The molecule has 0 saturated heterocycles. The number of carbonyl (C=O) groups excluding carboxylic acids is 1. The molecule has 0 fully saturated rings. The predicted molar refractivity (Wildman–Crippen MR) is 111 cm³/mol. The van der Waals surface area contributed by atoms with Crippen LogP contribution in [0.5, 0.6) is 11.5 Å². The second-order valence-electron chi connectivity index (χ2n) is 5.92. The molecule has 5 N–H and O–H groups in total. The van der Waals surface area contributed by atoms with Crippen molar-refractivity contribution in [3.05, 3.63) is 52.5 Å². The van der Waals surface area contributed by atoms with Gasteiger partial charge in [0, 0.05) is 22.9 Å². The number of hydrogen-bond acceptors (Lipinski definition) is 7. The number of anilines is 1. The van der Waals surface area contributed by atoms with Crippen LogP contribution in [0.2, 0.25) is 5.02 Å². The van der Waals surface area contributed by atoms with Crippen LogP contribution in [-0.4, -0.2) is 43.8 Å². The molecule has 9 heteroatoms. The van der Waals surface area contributed by atoms with E-state index < -0.39 is 12.0 Å². The number of hydrogen-bond donors (Lipinski definition) is 4. The average Bonchev–Trinajstić information content (AvgIpc) is 2.71. The van der Waals surface area contributed by atoms with Crippen LogP contribution in [0.15, 0.2) is 36.4 Å². The minimum Gasteiger partial charge on any atom is -0.497 e. The maximum Gasteiger partial charge on any atom is 0.333 e. The highest BCUT2D eigenvalue weighted by Crippen LogP contribution is 2.38. The molecule has 156 valence electrons. The van der Waals surface area contributed by atoms with Crippen LogP contribution in [0.1, 0.15) is 24.1 Å². The van der Waals surface area contributed by atoms with Crippen LogP contribution in [0.3, 0.4) is 0 Å². The second kappa shape index (κ2) is 10.5. The number of benzene rings is 2. The summed E-state index contributed by atoms with van der Waals surface area (Å²) in [6, 6.07) is 8.93. The molecule has 0 spiro atoms. The molecular formula is C20H24ClN3O5. The van der Waals surface area contributed by atoms with Gasteiger partial charge in [0.05, 0.1) is 25.3 Å². The molecule has 0 amide bonds. The second-order valence-corrected chi connectivity index (χ2v) is 6.33. The number of amidine groups is 1. The van der Waals surface area contributed by atoms with Gasteiger partial charge in [-0.2, -0.15) is 0 Å². The Labute approximate surface area is 174 Å². The molecule has 0 aliphatic heterocycles. The van der Waals surface area contributed by atoms with E-state index in [2.05, 4.69) is 5.32 Å². The van der Waals surface area contributed by atoms with Crippen LogP contribution in [-0.2, 0) is 9.53 Å². The van der Waals surface area contributed by atoms with Gasteiger partial charge in [-0.15, -0.1) is 0 Å². The smallest absolute Gasteiger partial charge is 0.333 e. The zero-order valence-electron chi connectivity index (χ0n) is 16.2. The lowest BCUT2D eigenvalue weighted by molar-refractivity contribution is -0.144. The third-order valence-corrected chi connectivity index (χ3v) is 4.24. The Morgan fingerprint density at radius 2 is 2.00 bits per heavy atom. The number of nitrogens with one attached hydrogen (secondary N) is 2. The van der Waals surface area contributed by atoms with E-state index in [0.717, 1.165) is 0 Å². The number of ether oxygens (including phenoxy) is 3. The first-order chi connectivity index (χ1) is 13.9. The van der Waals surface area contributed by atoms with E-state index in [4.69, 9.17) is 42.1 Å². The van der Waals surface area contributed by atoms with Crippen molar-refractivity contribution in [3.63, 3.8) is 0 Å². The third kappa shape index (κ3) is 5.75. The summed E-state index contributed by atoms with van der Waals surface area (Å²) in [6.07, 6.45) is 0. The van der Waals surface area contributed by atoms with Gasteiger partial charge in [0.1, 0.15) is 23.9 Å². The Morgan fingerprint density at radius 1 is 1.31 bits per heavy atom. The van der Waals surface area contributed by atoms with Crippen LogP contribution < -0.4 is 20.5 Å². The van der Waals surface area contributed by atoms with Crippen LogP contribution in [0, 0.1) is 5.41 Å². The molecule has 2 aromatic carbocycles. The molecule has 0 saturated carbocycles. The molecule has 0 aliphatic rings. The Balaban J connectivity index is 2.49. The van der Waals surface area contributed by atoms with E-state index in [1.54, 1.807) is 43.3 Å². The van der Waals surface area contributed by atoms with Crippen molar-refractivity contribution in [1.82, 2.24) is 0 Å². The Bertz CT molecular complexity index is 858. The van der Waals surface area contributed by atoms with E-state index in [-0.39, 0.29) is 36.4 Å². The summed E-state index contributed by atoms with van der Waals surface area (Å²) < 4.78 is 16.1. The van der Waals surface area contributed by atoms with E-state index in [0.29, 0.717) is 22.6 Å². The van der Waals surface area contributed by atoms with Gasteiger partial charge in [0.15, 0.2) is 6.04 Å². The maximum atomic E-state index is 12.7. The number of aliphatic hydroxyl groups is 1. The number of aliphatic hydroxyl groups excluding tert-OH is 1. The predicted octanol–water partition coefficient (Wildman–Crippen LogP) is 2.72. The first kappa shape index (κ1) is 22.3. The molecule has 0 aliphatic carbocycles. The number of halogens is 1. The highest BCUT2D eigenvalue weighted by molar-refractivity contribution is 6.32. The van der Waals surface area contributed by atoms with Gasteiger partial charge in [0.25, 0.3) is 0 Å². The molecule has 2 rings (SSSR count). The van der Waals surface area contributed by atoms with Crippen molar-refractivity contribution in [2.24, 2.45) is 5.73 Å². The van der Waals surface area contributed by atoms with Gasteiger partial charge < -0.3 is 30.4 Å². The molecule has 1 atom stereocenters. The standard InChI is InChI=1S/C20H24ClN3O5/c1-3-28-20(26)17(24-13-6-4-12(5-7-13)19(22)23)15-10-14(27-2)11-16(21)18(15)29-9-8-25/h4-7,10-11,17,24-25H,3,8-9H2,1-2H3,(H3,22,23). The lowest BCUT2D eigenvalue weighted by Crippen LogP contribution is -2.24. The highest BCUT2D eigenvalue weighted by Gasteiger charge is 2.28. The van der Waals surface area contributed by atoms with Gasteiger partial charge >= 0.3 is 5.97 Å². The average molecular weight is 422 g/mol. The van der Waals surface area contributed by atoms with Crippen molar-refractivity contribution in [2.75, 3.05) is 32.2 Å². The zero-order chi connectivity index (χ0) is 21.4. The fraction of sp³-hybridized carbons (Fsp3) is 0.300. The van der Waals surface area contributed by atoms with E-state index in [1.165, 1.54) is 7.11 Å². The van der Waals surface area contributed by atoms with E-state index >= 15 is 0 Å². The summed E-state index contributed by atoms with van der Waals surface area (Å²) in [5, 5.41) is 19.9. The number of rotatable bonds is 10. The first-order valence-corrected chi connectivity index (χ1v) is 9.27. The van der Waals surface area contributed by atoms with Gasteiger partial charge in [-0.05, 0) is 37.3 Å². The van der Waals surface area contributed by atoms with Gasteiger partial charge in [0.2, 0.25) is 0 Å². The van der Waals surface area contributed by atoms with Gasteiger partial charge in [-0.3, -0.25) is 5.41 Å². The van der Waals surface area contributed by atoms with Gasteiger partial charge in [-0.25, -0.2) is 4.79 Å². The van der Waals surface area contributed by atoms with Crippen LogP contribution in [0.4, 0.5) is 5.69 Å². The Hall–Kier alpha value is -2.97. The number of esters is 1. The molecule has 0 radical (unpaired) electrons. The molecule has 2 aromatic rings. The Kier molecular flexibility index (Phi) is 8.11. The summed E-state index contributed by atoms with van der Waals surface area (Å²) in [4.78, 5) is 12.7. The van der Waals surface area contributed by atoms with Crippen molar-refractivity contribution in [1.29, 1.82) is 5.41 Å². The third-order valence-electron chi connectivity index (χ3n) is 3.96. The highest BCUT2D eigenvalue weighted by atomic mass is 35.5. The SMILES string of the molecule is CCOC(=O)C(Nc1ccc(C(=N)N)cc1)c1cc(OC)cc(Cl)c1OCCO. The first-order valence-electron chi connectivity index (χ1n) is 8.90. The maximum absolute atomic E-state index is 12.7. The van der Waals surface area contributed by atoms with E-state index in [9.17, 15) is 4.79 Å². The van der Waals surface area contributed by atoms with Crippen LogP contribution >= 0.6 is 11.6 Å².